The molecule has 0 spiro atoms. The van der Waals surface area contributed by atoms with Crippen LogP contribution in [0.1, 0.15) is 31.9 Å². The van der Waals surface area contributed by atoms with E-state index in [0.717, 1.165) is 28.0 Å². The number of nitrogens with one attached hydrogen (secondary N) is 1. The zero-order chi connectivity index (χ0) is 23.2. The molecule has 33 heavy (non-hydrogen) atoms. The van der Waals surface area contributed by atoms with Crippen molar-refractivity contribution in [2.75, 3.05) is 18.0 Å². The molecule has 0 unspecified atom stereocenters. The van der Waals surface area contributed by atoms with Crippen LogP contribution < -0.4 is 10.2 Å². The molecule has 1 aliphatic rings. The van der Waals surface area contributed by atoms with E-state index in [1.165, 1.54) is 5.56 Å². The Bertz CT molecular complexity index is 1290. The fourth-order valence-electron chi connectivity index (χ4n) is 4.16. The smallest absolute Gasteiger partial charge is 0.226 e. The number of amides is 1. The molecule has 3 aromatic heterocycles. The van der Waals surface area contributed by atoms with Crippen molar-refractivity contribution in [2.45, 2.75) is 32.7 Å². The summed E-state index contributed by atoms with van der Waals surface area (Å²) in [5.41, 5.74) is 5.53. The Labute approximate surface area is 193 Å². The van der Waals surface area contributed by atoms with Crippen LogP contribution in [0.25, 0.3) is 16.6 Å². The second kappa shape index (κ2) is 8.03. The van der Waals surface area contributed by atoms with Crippen LogP contribution in [0.2, 0.25) is 0 Å². The van der Waals surface area contributed by atoms with Gasteiger partial charge in [0.25, 0.3) is 0 Å². The Morgan fingerprint density at radius 2 is 1.85 bits per heavy atom. The molecule has 0 radical (unpaired) electrons. The average Bonchev–Trinajstić information content (AvgIpc) is 3.37. The van der Waals surface area contributed by atoms with Gasteiger partial charge in [-0.25, -0.2) is 9.50 Å². The van der Waals surface area contributed by atoms with Gasteiger partial charge < -0.3 is 10.2 Å². The van der Waals surface area contributed by atoms with Gasteiger partial charge in [0, 0.05) is 50.2 Å². The summed E-state index contributed by atoms with van der Waals surface area (Å²) in [6.07, 6.45) is 7.35. The van der Waals surface area contributed by atoms with E-state index in [9.17, 15) is 4.79 Å². The highest BCUT2D eigenvalue weighted by molar-refractivity contribution is 5.84. The Morgan fingerprint density at radius 1 is 1.09 bits per heavy atom. The lowest BCUT2D eigenvalue weighted by molar-refractivity contribution is -0.125. The van der Waals surface area contributed by atoms with Crippen LogP contribution in [0.5, 0.6) is 0 Å². The normalized spacial score (nSPS) is 14.5. The highest BCUT2D eigenvalue weighted by Crippen LogP contribution is 2.30. The number of hydrogen-bond donors (Lipinski definition) is 1. The van der Waals surface area contributed by atoms with Gasteiger partial charge in [0.05, 0.1) is 12.1 Å². The molecule has 1 N–H and O–H groups in total. The number of aryl methyl sites for hydroxylation is 1. The zero-order valence-corrected chi connectivity index (χ0v) is 19.5. The number of rotatable bonds is 5. The van der Waals surface area contributed by atoms with Crippen molar-refractivity contribution in [3.05, 3.63) is 66.4 Å². The topological polar surface area (TPSA) is 80.4 Å². The van der Waals surface area contributed by atoms with E-state index in [1.54, 1.807) is 11.0 Å². The van der Waals surface area contributed by atoms with Gasteiger partial charge in [-0.2, -0.15) is 10.2 Å². The van der Waals surface area contributed by atoms with Crippen LogP contribution in [-0.4, -0.2) is 43.4 Å². The van der Waals surface area contributed by atoms with Gasteiger partial charge >= 0.3 is 0 Å². The molecule has 4 heterocycles. The molecular formula is C25H29N7O. The molecule has 0 bridgehead atoms. The molecule has 1 fully saturated rings. The summed E-state index contributed by atoms with van der Waals surface area (Å²) < 4.78 is 3.61. The minimum absolute atomic E-state index is 0.0402. The molecule has 1 saturated heterocycles. The fourth-order valence-corrected chi connectivity index (χ4v) is 4.16. The first-order valence-corrected chi connectivity index (χ1v) is 11.2. The lowest BCUT2D eigenvalue weighted by Crippen LogP contribution is -2.54. The number of aromatic nitrogens is 5. The molecule has 170 valence electrons. The predicted molar refractivity (Wildman–Crippen MR) is 128 cm³/mol. The van der Waals surface area contributed by atoms with Crippen LogP contribution in [0.3, 0.4) is 0 Å². The summed E-state index contributed by atoms with van der Waals surface area (Å²) in [4.78, 5) is 19.3. The minimum Gasteiger partial charge on any atom is -0.353 e. The first-order chi connectivity index (χ1) is 15.8. The summed E-state index contributed by atoms with van der Waals surface area (Å²) in [7, 11) is 1.90. The molecule has 8 heteroatoms. The lowest BCUT2D eigenvalue weighted by atomic mass is 9.87. The number of hydrogen-bond acceptors (Lipinski definition) is 5. The van der Waals surface area contributed by atoms with Gasteiger partial charge in [-0.3, -0.25) is 9.48 Å². The first kappa shape index (κ1) is 21.2. The maximum atomic E-state index is 12.7. The molecule has 0 saturated carbocycles. The fraction of sp³-hybridized carbons (Fsp3) is 0.360. The summed E-state index contributed by atoms with van der Waals surface area (Å²) in [6, 6.07) is 10.5. The number of benzene rings is 1. The van der Waals surface area contributed by atoms with Gasteiger partial charge in [-0.05, 0) is 22.6 Å². The minimum atomic E-state index is -0.0402. The van der Waals surface area contributed by atoms with Gasteiger partial charge in [0.15, 0.2) is 5.82 Å². The van der Waals surface area contributed by atoms with Gasteiger partial charge in [-0.1, -0.05) is 45.0 Å². The van der Waals surface area contributed by atoms with Crippen LogP contribution in [0.4, 0.5) is 5.82 Å². The molecular weight excluding hydrogens is 414 g/mol. The van der Waals surface area contributed by atoms with Crippen molar-refractivity contribution in [1.82, 2.24) is 29.7 Å². The molecule has 4 aromatic rings. The van der Waals surface area contributed by atoms with Crippen LogP contribution in [0.15, 0.2) is 55.2 Å². The maximum Gasteiger partial charge on any atom is 0.226 e. The van der Waals surface area contributed by atoms with Crippen LogP contribution in [0, 0.1) is 5.92 Å². The average molecular weight is 444 g/mol. The van der Waals surface area contributed by atoms with Gasteiger partial charge in [0.1, 0.15) is 11.8 Å². The molecule has 1 aliphatic heterocycles. The second-order valence-corrected chi connectivity index (χ2v) is 9.81. The SMILES string of the molecule is Cn1cc(-c2cc3c(N4CC(C(=O)NCc5ccc(C(C)(C)C)cc5)C4)ncnn3c2)cn1. The van der Waals surface area contributed by atoms with E-state index in [0.29, 0.717) is 19.6 Å². The van der Waals surface area contributed by atoms with Crippen LogP contribution in [-0.2, 0) is 23.8 Å². The predicted octanol–water partition coefficient (Wildman–Crippen LogP) is 3.18. The zero-order valence-electron chi connectivity index (χ0n) is 19.5. The third kappa shape index (κ3) is 4.20. The number of carbonyl (C=O) groups is 1. The molecule has 0 atom stereocenters. The Hall–Kier alpha value is -3.68. The number of nitrogens with zero attached hydrogens (tertiary/aromatic N) is 6. The molecule has 5 rings (SSSR count). The molecule has 1 amide bonds. The van der Waals surface area contributed by atoms with Crippen molar-refractivity contribution in [1.29, 1.82) is 0 Å². The lowest BCUT2D eigenvalue weighted by Gasteiger charge is -2.39. The van der Waals surface area contributed by atoms with Crippen LogP contribution >= 0.6 is 0 Å². The summed E-state index contributed by atoms with van der Waals surface area (Å²) in [5.74, 6) is 0.895. The maximum absolute atomic E-state index is 12.7. The first-order valence-electron chi connectivity index (χ1n) is 11.2. The van der Waals surface area contributed by atoms with E-state index >= 15 is 0 Å². The summed E-state index contributed by atoms with van der Waals surface area (Å²) in [6.45, 7) is 8.44. The third-order valence-corrected chi connectivity index (χ3v) is 6.26. The second-order valence-electron chi connectivity index (χ2n) is 9.81. The van der Waals surface area contributed by atoms with Crippen molar-refractivity contribution < 1.29 is 4.79 Å². The third-order valence-electron chi connectivity index (χ3n) is 6.26. The Morgan fingerprint density at radius 3 is 2.52 bits per heavy atom. The van der Waals surface area contributed by atoms with E-state index in [-0.39, 0.29) is 17.2 Å². The molecule has 0 aliphatic carbocycles. The van der Waals surface area contributed by atoms with Crippen molar-refractivity contribution in [3.8, 4) is 11.1 Å². The number of fused-ring (bicyclic) bond motifs is 1. The van der Waals surface area contributed by atoms with Gasteiger partial charge in [0.2, 0.25) is 5.91 Å². The largest absolute Gasteiger partial charge is 0.353 e. The van der Waals surface area contributed by atoms with E-state index in [1.807, 2.05) is 30.2 Å². The van der Waals surface area contributed by atoms with E-state index in [4.69, 9.17) is 0 Å². The highest BCUT2D eigenvalue weighted by Gasteiger charge is 2.34. The monoisotopic (exact) mass is 443 g/mol. The molecule has 1 aromatic carbocycles. The van der Waals surface area contributed by atoms with Crippen molar-refractivity contribution >= 4 is 17.2 Å². The summed E-state index contributed by atoms with van der Waals surface area (Å²) in [5, 5.41) is 11.7. The van der Waals surface area contributed by atoms with Gasteiger partial charge in [-0.15, -0.1) is 0 Å². The number of carbonyl (C=O) groups excluding carboxylic acids is 1. The Balaban J connectivity index is 1.21. The standard InChI is InChI=1S/C25H29N7O/c1-25(2,3)21-7-5-17(6-8-21)10-26-24(33)20-13-31(14-20)23-22-9-18(15-32(22)29-16-27-23)19-11-28-30(4)12-19/h5-9,11-12,15-16,20H,10,13-14H2,1-4H3,(H,26,33). The van der Waals surface area contributed by atoms with E-state index < -0.39 is 0 Å². The quantitative estimate of drug-likeness (QED) is 0.512. The highest BCUT2D eigenvalue weighted by atomic mass is 16.2. The van der Waals surface area contributed by atoms with E-state index in [2.05, 4.69) is 76.5 Å². The number of anilines is 1. The van der Waals surface area contributed by atoms with Crippen molar-refractivity contribution in [2.24, 2.45) is 13.0 Å². The van der Waals surface area contributed by atoms with Crippen molar-refractivity contribution in [3.63, 3.8) is 0 Å². The Kier molecular flexibility index (Phi) is 5.15. The summed E-state index contributed by atoms with van der Waals surface area (Å²) >= 11 is 0. The molecule has 8 nitrogen and oxygen atoms in total.